The third-order valence-electron chi connectivity index (χ3n) is 3.65. The fraction of sp³-hybridized carbons (Fsp3) is 0.625. The quantitative estimate of drug-likeness (QED) is 0.899. The van der Waals surface area contributed by atoms with Gasteiger partial charge in [0.15, 0.2) is 0 Å². The Labute approximate surface area is 117 Å². The van der Waals surface area contributed by atoms with Gasteiger partial charge in [0.2, 0.25) is 0 Å². The van der Waals surface area contributed by atoms with Gasteiger partial charge in [0.25, 0.3) is 0 Å². The van der Waals surface area contributed by atoms with Crippen LogP contribution in [0.2, 0.25) is 0 Å². The minimum atomic E-state index is 0.303. The first-order valence-corrected chi connectivity index (χ1v) is 7.20. The van der Waals surface area contributed by atoms with Crippen LogP contribution in [0.25, 0.3) is 0 Å². The molecule has 106 valence electrons. The number of anilines is 2. The monoisotopic (exact) mass is 261 g/mol. The zero-order valence-electron chi connectivity index (χ0n) is 12.7. The lowest BCUT2D eigenvalue weighted by Crippen LogP contribution is -2.37. The summed E-state index contributed by atoms with van der Waals surface area (Å²) >= 11 is 0. The molecule has 1 heterocycles. The Morgan fingerprint density at radius 2 is 2.00 bits per heavy atom. The van der Waals surface area contributed by atoms with E-state index in [-0.39, 0.29) is 0 Å². The number of fused-ring (bicyclic) bond motifs is 1. The van der Waals surface area contributed by atoms with Gasteiger partial charge >= 0.3 is 0 Å². The SMILES string of the molecule is CN(C)CCCN1CC(C)(C)CNc2ccccc21. The highest BCUT2D eigenvalue weighted by molar-refractivity contribution is 5.71. The Morgan fingerprint density at radius 3 is 2.74 bits per heavy atom. The zero-order valence-corrected chi connectivity index (χ0v) is 12.7. The van der Waals surface area contributed by atoms with E-state index in [0.29, 0.717) is 5.41 Å². The van der Waals surface area contributed by atoms with Crippen LogP contribution in [0, 0.1) is 5.41 Å². The highest BCUT2D eigenvalue weighted by atomic mass is 15.2. The molecule has 1 aliphatic heterocycles. The van der Waals surface area contributed by atoms with E-state index in [2.05, 4.69) is 67.3 Å². The van der Waals surface area contributed by atoms with Gasteiger partial charge in [0.1, 0.15) is 0 Å². The number of hydrogen-bond donors (Lipinski definition) is 1. The molecule has 0 atom stereocenters. The molecule has 0 fully saturated rings. The predicted molar refractivity (Wildman–Crippen MR) is 84.1 cm³/mol. The summed E-state index contributed by atoms with van der Waals surface area (Å²) in [5, 5.41) is 3.59. The summed E-state index contributed by atoms with van der Waals surface area (Å²) < 4.78 is 0. The highest BCUT2D eigenvalue weighted by Crippen LogP contribution is 2.33. The molecule has 0 amide bonds. The second kappa shape index (κ2) is 5.83. The summed E-state index contributed by atoms with van der Waals surface area (Å²) in [6.07, 6.45) is 1.21. The third kappa shape index (κ3) is 3.87. The van der Waals surface area contributed by atoms with Crippen LogP contribution in [-0.2, 0) is 0 Å². The second-order valence-corrected chi connectivity index (χ2v) is 6.61. The molecule has 1 aromatic carbocycles. The van der Waals surface area contributed by atoms with Gasteiger partial charge in [-0.2, -0.15) is 0 Å². The molecule has 0 spiro atoms. The van der Waals surface area contributed by atoms with Crippen LogP contribution in [0.4, 0.5) is 11.4 Å². The van der Waals surface area contributed by atoms with E-state index in [4.69, 9.17) is 0 Å². The van der Waals surface area contributed by atoms with Gasteiger partial charge in [-0.25, -0.2) is 0 Å². The van der Waals surface area contributed by atoms with Crippen molar-refractivity contribution in [2.24, 2.45) is 5.41 Å². The summed E-state index contributed by atoms with van der Waals surface area (Å²) in [7, 11) is 4.28. The van der Waals surface area contributed by atoms with Crippen LogP contribution in [-0.4, -0.2) is 45.2 Å². The molecule has 0 aromatic heterocycles. The number of para-hydroxylation sites is 2. The largest absolute Gasteiger partial charge is 0.383 e. The maximum atomic E-state index is 3.59. The van der Waals surface area contributed by atoms with Crippen molar-refractivity contribution >= 4 is 11.4 Å². The summed E-state index contributed by atoms with van der Waals surface area (Å²) in [6.45, 7) is 9.10. The molecule has 0 saturated carbocycles. The molecular formula is C16H27N3. The third-order valence-corrected chi connectivity index (χ3v) is 3.65. The first kappa shape index (κ1) is 14.2. The maximum Gasteiger partial charge on any atom is 0.0602 e. The van der Waals surface area contributed by atoms with Crippen LogP contribution in [0.3, 0.4) is 0 Å². The van der Waals surface area contributed by atoms with Gasteiger partial charge in [-0.3, -0.25) is 0 Å². The average molecular weight is 261 g/mol. The van der Waals surface area contributed by atoms with E-state index in [1.807, 2.05) is 0 Å². The summed E-state index contributed by atoms with van der Waals surface area (Å²) in [5.74, 6) is 0. The Bertz CT molecular complexity index is 412. The number of nitrogens with one attached hydrogen (secondary N) is 1. The highest BCUT2D eigenvalue weighted by Gasteiger charge is 2.26. The van der Waals surface area contributed by atoms with Gasteiger partial charge in [-0.1, -0.05) is 26.0 Å². The Balaban J connectivity index is 2.13. The van der Waals surface area contributed by atoms with Gasteiger partial charge < -0.3 is 15.1 Å². The first-order chi connectivity index (χ1) is 8.98. The van der Waals surface area contributed by atoms with Crippen LogP contribution in [0.15, 0.2) is 24.3 Å². The summed E-state index contributed by atoms with van der Waals surface area (Å²) in [4.78, 5) is 4.80. The van der Waals surface area contributed by atoms with E-state index < -0.39 is 0 Å². The fourth-order valence-corrected chi connectivity index (χ4v) is 2.67. The molecule has 3 heteroatoms. The second-order valence-electron chi connectivity index (χ2n) is 6.61. The zero-order chi connectivity index (χ0) is 13.9. The molecule has 1 aromatic rings. The number of benzene rings is 1. The Kier molecular flexibility index (Phi) is 4.35. The molecular weight excluding hydrogens is 234 g/mol. The number of rotatable bonds is 4. The Hall–Kier alpha value is -1.22. The van der Waals surface area contributed by atoms with Crippen LogP contribution in [0.1, 0.15) is 20.3 Å². The van der Waals surface area contributed by atoms with Crippen molar-refractivity contribution in [1.29, 1.82) is 0 Å². The van der Waals surface area contributed by atoms with Crippen molar-refractivity contribution in [3.05, 3.63) is 24.3 Å². The lowest BCUT2D eigenvalue weighted by molar-refractivity contribution is 0.375. The number of hydrogen-bond acceptors (Lipinski definition) is 3. The molecule has 0 bridgehead atoms. The van der Waals surface area contributed by atoms with Crippen molar-refractivity contribution in [2.45, 2.75) is 20.3 Å². The average Bonchev–Trinajstić information content (AvgIpc) is 2.47. The molecule has 3 nitrogen and oxygen atoms in total. The molecule has 0 radical (unpaired) electrons. The molecule has 0 aliphatic carbocycles. The maximum absolute atomic E-state index is 3.59. The predicted octanol–water partition coefficient (Wildman–Crippen LogP) is 2.90. The molecule has 19 heavy (non-hydrogen) atoms. The summed E-state index contributed by atoms with van der Waals surface area (Å²) in [6, 6.07) is 8.68. The molecule has 1 aliphatic rings. The van der Waals surface area contributed by atoms with E-state index in [0.717, 1.165) is 26.2 Å². The van der Waals surface area contributed by atoms with Crippen LogP contribution < -0.4 is 10.2 Å². The lowest BCUT2D eigenvalue weighted by atomic mass is 9.93. The van der Waals surface area contributed by atoms with E-state index >= 15 is 0 Å². The lowest BCUT2D eigenvalue weighted by Gasteiger charge is -2.31. The standard InChI is InChI=1S/C16H27N3/c1-16(2)12-17-14-8-5-6-9-15(14)19(13-16)11-7-10-18(3)4/h5-6,8-9,17H,7,10-13H2,1-4H3. The smallest absolute Gasteiger partial charge is 0.0602 e. The fourth-order valence-electron chi connectivity index (χ4n) is 2.67. The van der Waals surface area contributed by atoms with Crippen molar-refractivity contribution < 1.29 is 0 Å². The molecule has 0 unspecified atom stereocenters. The van der Waals surface area contributed by atoms with E-state index in [1.165, 1.54) is 17.8 Å². The van der Waals surface area contributed by atoms with E-state index in [1.54, 1.807) is 0 Å². The molecule has 1 N–H and O–H groups in total. The van der Waals surface area contributed by atoms with Gasteiger partial charge in [0.05, 0.1) is 11.4 Å². The molecule has 0 saturated heterocycles. The Morgan fingerprint density at radius 1 is 1.26 bits per heavy atom. The van der Waals surface area contributed by atoms with E-state index in [9.17, 15) is 0 Å². The van der Waals surface area contributed by atoms with Gasteiger partial charge in [0, 0.05) is 19.6 Å². The number of nitrogens with zero attached hydrogens (tertiary/aromatic N) is 2. The summed E-state index contributed by atoms with van der Waals surface area (Å²) in [5.41, 5.74) is 2.93. The van der Waals surface area contributed by atoms with Crippen LogP contribution >= 0.6 is 0 Å². The first-order valence-electron chi connectivity index (χ1n) is 7.20. The van der Waals surface area contributed by atoms with Crippen LogP contribution in [0.5, 0.6) is 0 Å². The normalized spacial score (nSPS) is 17.8. The van der Waals surface area contributed by atoms with Crippen molar-refractivity contribution in [1.82, 2.24) is 4.90 Å². The minimum absolute atomic E-state index is 0.303. The van der Waals surface area contributed by atoms with Crippen molar-refractivity contribution in [3.8, 4) is 0 Å². The van der Waals surface area contributed by atoms with Gasteiger partial charge in [-0.05, 0) is 44.6 Å². The topological polar surface area (TPSA) is 18.5 Å². The van der Waals surface area contributed by atoms with Crippen molar-refractivity contribution in [2.75, 3.05) is 50.5 Å². The molecule has 2 rings (SSSR count). The van der Waals surface area contributed by atoms with Gasteiger partial charge in [-0.15, -0.1) is 0 Å². The minimum Gasteiger partial charge on any atom is -0.383 e. The van der Waals surface area contributed by atoms with Crippen molar-refractivity contribution in [3.63, 3.8) is 0 Å².